The summed E-state index contributed by atoms with van der Waals surface area (Å²) in [6, 6.07) is 13.9. The third kappa shape index (κ3) is 3.37. The maximum Gasteiger partial charge on any atom is 0.273 e. The Balaban J connectivity index is 1.85. The molecule has 0 atom stereocenters. The molecular weight excluding hydrogens is 349 g/mol. The smallest absolute Gasteiger partial charge is 0.273 e. The topological polar surface area (TPSA) is 67.0 Å². The number of benzene rings is 2. The third-order valence-electron chi connectivity index (χ3n) is 3.38. The minimum absolute atomic E-state index is 0.298. The predicted octanol–water partition coefficient (Wildman–Crippen LogP) is 4.64. The second-order valence-electron chi connectivity index (χ2n) is 4.95. The first-order chi connectivity index (χ1) is 11.6. The molecule has 3 rings (SSSR count). The molecule has 2 N–H and O–H groups in total. The van der Waals surface area contributed by atoms with Gasteiger partial charge in [0.2, 0.25) is 0 Å². The summed E-state index contributed by atoms with van der Waals surface area (Å²) in [6.45, 7) is 0. The molecule has 122 valence electrons. The molecule has 1 aromatic heterocycles. The van der Waals surface area contributed by atoms with Crippen LogP contribution in [-0.4, -0.2) is 23.2 Å². The minimum atomic E-state index is -0.360. The number of aromatic nitrogens is 2. The van der Waals surface area contributed by atoms with Gasteiger partial charge in [0, 0.05) is 10.6 Å². The molecule has 1 heterocycles. The number of rotatable bonds is 4. The molecule has 0 fully saturated rings. The molecule has 0 bridgehead atoms. The molecule has 0 saturated carbocycles. The van der Waals surface area contributed by atoms with Crippen molar-refractivity contribution in [3.05, 3.63) is 64.3 Å². The molecule has 3 aromatic rings. The number of anilines is 1. The van der Waals surface area contributed by atoms with E-state index in [-0.39, 0.29) is 5.91 Å². The molecule has 0 saturated heterocycles. The Morgan fingerprint density at radius 2 is 1.96 bits per heavy atom. The average Bonchev–Trinajstić information content (AvgIpc) is 3.05. The van der Waals surface area contributed by atoms with Gasteiger partial charge in [-0.05, 0) is 30.3 Å². The molecule has 0 spiro atoms. The van der Waals surface area contributed by atoms with Crippen LogP contribution in [0.2, 0.25) is 10.0 Å². The summed E-state index contributed by atoms with van der Waals surface area (Å²) in [6.07, 6.45) is 0. The Labute approximate surface area is 148 Å². The number of aromatic amines is 1. The van der Waals surface area contributed by atoms with E-state index >= 15 is 0 Å². The van der Waals surface area contributed by atoms with Crippen LogP contribution >= 0.6 is 23.2 Å². The van der Waals surface area contributed by atoms with Gasteiger partial charge in [-0.1, -0.05) is 41.4 Å². The van der Waals surface area contributed by atoms with Crippen LogP contribution < -0.4 is 10.1 Å². The summed E-state index contributed by atoms with van der Waals surface area (Å²) in [5.41, 5.74) is 2.11. The first-order valence-electron chi connectivity index (χ1n) is 7.03. The van der Waals surface area contributed by atoms with Crippen LogP contribution in [0, 0.1) is 0 Å². The Morgan fingerprint density at radius 3 is 2.71 bits per heavy atom. The van der Waals surface area contributed by atoms with E-state index in [0.717, 1.165) is 5.56 Å². The normalized spacial score (nSPS) is 10.5. The van der Waals surface area contributed by atoms with E-state index in [2.05, 4.69) is 15.5 Å². The van der Waals surface area contributed by atoms with E-state index in [1.54, 1.807) is 30.3 Å². The largest absolute Gasteiger partial charge is 0.495 e. The van der Waals surface area contributed by atoms with E-state index in [1.807, 2.05) is 18.2 Å². The number of carbonyl (C=O) groups is 1. The molecule has 5 nitrogen and oxygen atoms in total. The van der Waals surface area contributed by atoms with Crippen LogP contribution in [0.4, 0.5) is 5.69 Å². The van der Waals surface area contributed by atoms with Crippen molar-refractivity contribution >= 4 is 34.8 Å². The number of carbonyl (C=O) groups excluding carboxylic acids is 1. The summed E-state index contributed by atoms with van der Waals surface area (Å²) in [7, 11) is 1.52. The lowest BCUT2D eigenvalue weighted by Crippen LogP contribution is -2.13. The lowest BCUT2D eigenvalue weighted by atomic mass is 10.1. The number of hydrogen-bond acceptors (Lipinski definition) is 3. The molecule has 7 heteroatoms. The number of halogens is 2. The highest BCUT2D eigenvalue weighted by molar-refractivity contribution is 6.33. The standard InChI is InChI=1S/C17H13Cl2N3O2/c1-24-16-7-6-10(18)8-14(16)20-17(23)15-9-13(21-22-15)11-4-2-3-5-12(11)19/h2-9H,1H3,(H,20,23)(H,21,22). The summed E-state index contributed by atoms with van der Waals surface area (Å²) in [4.78, 5) is 12.4. The monoisotopic (exact) mass is 361 g/mol. The van der Waals surface area contributed by atoms with Crippen molar-refractivity contribution in [1.29, 1.82) is 0 Å². The number of ether oxygens (including phenoxy) is 1. The minimum Gasteiger partial charge on any atom is -0.495 e. The highest BCUT2D eigenvalue weighted by atomic mass is 35.5. The van der Waals surface area contributed by atoms with E-state index < -0.39 is 0 Å². The second kappa shape index (κ2) is 6.95. The summed E-state index contributed by atoms with van der Waals surface area (Å²) >= 11 is 12.1. The molecule has 0 unspecified atom stereocenters. The number of amides is 1. The molecule has 24 heavy (non-hydrogen) atoms. The lowest BCUT2D eigenvalue weighted by Gasteiger charge is -2.09. The fourth-order valence-corrected chi connectivity index (χ4v) is 2.62. The van der Waals surface area contributed by atoms with Gasteiger partial charge in [-0.3, -0.25) is 9.89 Å². The van der Waals surface area contributed by atoms with Gasteiger partial charge in [-0.15, -0.1) is 0 Å². The SMILES string of the molecule is COc1ccc(Cl)cc1NC(=O)c1cc(-c2ccccc2Cl)n[nH]1. The van der Waals surface area contributed by atoms with Crippen molar-refractivity contribution in [2.75, 3.05) is 12.4 Å². The number of nitrogens with one attached hydrogen (secondary N) is 2. The summed E-state index contributed by atoms with van der Waals surface area (Å²) < 4.78 is 5.21. The van der Waals surface area contributed by atoms with Gasteiger partial charge < -0.3 is 10.1 Å². The number of H-pyrrole nitrogens is 1. The molecule has 0 aliphatic carbocycles. The number of methoxy groups -OCH3 is 1. The number of hydrogen-bond donors (Lipinski definition) is 2. The zero-order valence-corrected chi connectivity index (χ0v) is 14.2. The Bertz CT molecular complexity index is 893. The molecular formula is C17H13Cl2N3O2. The van der Waals surface area contributed by atoms with Gasteiger partial charge in [-0.25, -0.2) is 0 Å². The van der Waals surface area contributed by atoms with Gasteiger partial charge in [0.15, 0.2) is 0 Å². The Kier molecular flexibility index (Phi) is 4.74. The van der Waals surface area contributed by atoms with Crippen LogP contribution in [0.15, 0.2) is 48.5 Å². The van der Waals surface area contributed by atoms with Gasteiger partial charge >= 0.3 is 0 Å². The second-order valence-corrected chi connectivity index (χ2v) is 5.79. The summed E-state index contributed by atoms with van der Waals surface area (Å²) in [5, 5.41) is 10.7. The van der Waals surface area contributed by atoms with Gasteiger partial charge in [0.05, 0.1) is 23.5 Å². The van der Waals surface area contributed by atoms with E-state index in [4.69, 9.17) is 27.9 Å². The maximum absolute atomic E-state index is 12.4. The highest BCUT2D eigenvalue weighted by Gasteiger charge is 2.15. The highest BCUT2D eigenvalue weighted by Crippen LogP contribution is 2.29. The maximum atomic E-state index is 12.4. The third-order valence-corrected chi connectivity index (χ3v) is 3.95. The van der Waals surface area contributed by atoms with Crippen molar-refractivity contribution in [2.24, 2.45) is 0 Å². The lowest BCUT2D eigenvalue weighted by molar-refractivity contribution is 0.102. The fraction of sp³-hybridized carbons (Fsp3) is 0.0588. The predicted molar refractivity (Wildman–Crippen MR) is 95.0 cm³/mol. The van der Waals surface area contributed by atoms with Crippen LogP contribution in [0.1, 0.15) is 10.5 Å². The van der Waals surface area contributed by atoms with Crippen LogP contribution in [0.5, 0.6) is 5.75 Å². The molecule has 0 radical (unpaired) electrons. The number of nitrogens with zero attached hydrogens (tertiary/aromatic N) is 1. The molecule has 2 aromatic carbocycles. The van der Waals surface area contributed by atoms with Crippen LogP contribution in [-0.2, 0) is 0 Å². The van der Waals surface area contributed by atoms with E-state index in [9.17, 15) is 4.79 Å². The quantitative estimate of drug-likeness (QED) is 0.710. The first kappa shape index (κ1) is 16.4. The fourth-order valence-electron chi connectivity index (χ4n) is 2.21. The van der Waals surface area contributed by atoms with Gasteiger partial charge in [0.25, 0.3) is 5.91 Å². The van der Waals surface area contributed by atoms with Crippen LogP contribution in [0.25, 0.3) is 11.3 Å². The van der Waals surface area contributed by atoms with Crippen LogP contribution in [0.3, 0.4) is 0 Å². The van der Waals surface area contributed by atoms with E-state index in [0.29, 0.717) is 32.9 Å². The summed E-state index contributed by atoms with van der Waals surface area (Å²) in [5.74, 6) is 0.153. The zero-order valence-electron chi connectivity index (χ0n) is 12.6. The average molecular weight is 362 g/mol. The molecule has 1 amide bonds. The van der Waals surface area contributed by atoms with Gasteiger partial charge in [0.1, 0.15) is 11.4 Å². The zero-order chi connectivity index (χ0) is 17.1. The first-order valence-corrected chi connectivity index (χ1v) is 7.79. The molecule has 0 aliphatic rings. The van der Waals surface area contributed by atoms with Crippen molar-refractivity contribution in [3.63, 3.8) is 0 Å². The van der Waals surface area contributed by atoms with Gasteiger partial charge in [-0.2, -0.15) is 5.10 Å². The van der Waals surface area contributed by atoms with E-state index in [1.165, 1.54) is 7.11 Å². The van der Waals surface area contributed by atoms with Crippen molar-refractivity contribution in [1.82, 2.24) is 10.2 Å². The van der Waals surface area contributed by atoms with Crippen molar-refractivity contribution in [2.45, 2.75) is 0 Å². The Hall–Kier alpha value is -2.50. The molecule has 0 aliphatic heterocycles. The van der Waals surface area contributed by atoms with Crippen molar-refractivity contribution in [3.8, 4) is 17.0 Å². The Morgan fingerprint density at radius 1 is 1.17 bits per heavy atom. The van der Waals surface area contributed by atoms with Crippen molar-refractivity contribution < 1.29 is 9.53 Å².